The third-order valence-corrected chi connectivity index (χ3v) is 7.59. The second-order valence-electron chi connectivity index (χ2n) is 10.6. The van der Waals surface area contributed by atoms with E-state index in [1.54, 1.807) is 14.2 Å². The molecule has 0 bridgehead atoms. The number of methoxy groups -OCH3 is 2. The average Bonchev–Trinajstić information content (AvgIpc) is 3.04. The summed E-state index contributed by atoms with van der Waals surface area (Å²) >= 11 is 0. The molecule has 3 aromatic carbocycles. The molecule has 0 radical (unpaired) electrons. The van der Waals surface area contributed by atoms with Gasteiger partial charge in [0.1, 0.15) is 11.5 Å². The number of nitrogens with zero attached hydrogens (tertiary/aromatic N) is 2. The van der Waals surface area contributed by atoms with Crippen molar-refractivity contribution in [1.82, 2.24) is 0 Å². The summed E-state index contributed by atoms with van der Waals surface area (Å²) in [5.41, 5.74) is 12.5. The number of hydrogen-bond donors (Lipinski definition) is 1. The van der Waals surface area contributed by atoms with Gasteiger partial charge in [0.05, 0.1) is 14.2 Å². The molecule has 2 N–H and O–H groups in total. The molecule has 0 aromatic heterocycles. The van der Waals surface area contributed by atoms with E-state index in [0.717, 1.165) is 66.4 Å². The predicted octanol–water partition coefficient (Wildman–Crippen LogP) is 8.63. The summed E-state index contributed by atoms with van der Waals surface area (Å²) < 4.78 is 11.5. The molecular weight excluding hydrogens is 518 g/mol. The number of anilines is 2. The molecule has 42 heavy (non-hydrogen) atoms. The van der Waals surface area contributed by atoms with E-state index in [0.29, 0.717) is 6.54 Å². The lowest BCUT2D eigenvalue weighted by atomic mass is 10.0. The van der Waals surface area contributed by atoms with Crippen molar-refractivity contribution in [3.05, 3.63) is 82.9 Å². The largest absolute Gasteiger partial charge is 0.496 e. The van der Waals surface area contributed by atoms with Gasteiger partial charge in [-0.05, 0) is 80.3 Å². The highest BCUT2D eigenvalue weighted by atomic mass is 16.5. The van der Waals surface area contributed by atoms with Crippen LogP contribution in [0.1, 0.15) is 75.1 Å². The second-order valence-corrected chi connectivity index (χ2v) is 10.6. The van der Waals surface area contributed by atoms with Crippen molar-refractivity contribution in [3.8, 4) is 11.5 Å². The number of unbranched alkanes of at least 4 members (excludes halogenated alkanes) is 2. The molecule has 5 nitrogen and oxygen atoms in total. The second kappa shape index (κ2) is 18.0. The summed E-state index contributed by atoms with van der Waals surface area (Å²) in [7, 11) is 3.43. The Balaban J connectivity index is 1.75. The van der Waals surface area contributed by atoms with Crippen LogP contribution in [0.5, 0.6) is 11.5 Å². The van der Waals surface area contributed by atoms with Crippen LogP contribution in [0.3, 0.4) is 0 Å². The van der Waals surface area contributed by atoms with Gasteiger partial charge in [0.25, 0.3) is 0 Å². The molecule has 0 heterocycles. The van der Waals surface area contributed by atoms with E-state index >= 15 is 0 Å². The van der Waals surface area contributed by atoms with Crippen LogP contribution in [-0.4, -0.2) is 46.9 Å². The van der Waals surface area contributed by atoms with Crippen molar-refractivity contribution in [2.24, 2.45) is 5.73 Å². The predicted molar refractivity (Wildman–Crippen MR) is 184 cm³/mol. The highest BCUT2D eigenvalue weighted by Crippen LogP contribution is 2.32. The Labute approximate surface area is 254 Å². The van der Waals surface area contributed by atoms with Gasteiger partial charge in [-0.3, -0.25) is 0 Å². The zero-order valence-electron chi connectivity index (χ0n) is 26.4. The van der Waals surface area contributed by atoms with Crippen LogP contribution in [0.2, 0.25) is 0 Å². The van der Waals surface area contributed by atoms with Crippen molar-refractivity contribution in [3.63, 3.8) is 0 Å². The molecular formula is C37H51N3O2. The summed E-state index contributed by atoms with van der Waals surface area (Å²) in [6.45, 7) is 11.6. The molecule has 3 rings (SSSR count). The van der Waals surface area contributed by atoms with Crippen LogP contribution in [0, 0.1) is 0 Å². The van der Waals surface area contributed by atoms with Crippen LogP contribution in [0.15, 0.2) is 60.7 Å². The molecule has 5 heteroatoms. The fourth-order valence-corrected chi connectivity index (χ4v) is 4.99. The van der Waals surface area contributed by atoms with Crippen molar-refractivity contribution in [1.29, 1.82) is 0 Å². The van der Waals surface area contributed by atoms with E-state index in [-0.39, 0.29) is 0 Å². The Hall–Kier alpha value is -3.70. The normalized spacial score (nSPS) is 11.4. The standard InChI is InChI=1S/C37H51N3O2/c1-6-9-25-40(26-10-7-2)35-22-16-31(17-23-35)13-19-33-29-36(41-4)32(28-37(33)42-5)18-12-30-14-20-34(21-15-30)39(8-3)27-11-24-38/h12-23,28-29H,6-11,24-27,38H2,1-5H3/b18-12+,19-13+. The first-order chi connectivity index (χ1) is 20.6. The third kappa shape index (κ3) is 9.70. The number of nitrogens with two attached hydrogens (primary N) is 1. The zero-order valence-corrected chi connectivity index (χ0v) is 26.4. The lowest BCUT2D eigenvalue weighted by Crippen LogP contribution is -2.25. The van der Waals surface area contributed by atoms with E-state index in [1.165, 1.54) is 37.1 Å². The Kier molecular flexibility index (Phi) is 14.0. The van der Waals surface area contributed by atoms with Crippen LogP contribution in [0.25, 0.3) is 24.3 Å². The molecule has 0 aliphatic heterocycles. The van der Waals surface area contributed by atoms with Crippen LogP contribution in [0.4, 0.5) is 11.4 Å². The summed E-state index contributed by atoms with van der Waals surface area (Å²) in [5.74, 6) is 1.61. The highest BCUT2D eigenvalue weighted by molar-refractivity contribution is 5.79. The fourth-order valence-electron chi connectivity index (χ4n) is 4.99. The smallest absolute Gasteiger partial charge is 0.126 e. The van der Waals surface area contributed by atoms with Gasteiger partial charge in [-0.1, -0.05) is 75.3 Å². The molecule has 0 spiro atoms. The third-order valence-electron chi connectivity index (χ3n) is 7.59. The minimum absolute atomic E-state index is 0.710. The molecule has 0 saturated carbocycles. The molecule has 0 atom stereocenters. The Morgan fingerprint density at radius 3 is 1.40 bits per heavy atom. The van der Waals surface area contributed by atoms with Crippen molar-refractivity contribution < 1.29 is 9.47 Å². The van der Waals surface area contributed by atoms with Gasteiger partial charge in [-0.15, -0.1) is 0 Å². The van der Waals surface area contributed by atoms with E-state index in [2.05, 4.69) is 103 Å². The fraction of sp³-hybridized carbons (Fsp3) is 0.405. The van der Waals surface area contributed by atoms with E-state index < -0.39 is 0 Å². The lowest BCUT2D eigenvalue weighted by Gasteiger charge is -2.24. The number of hydrogen-bond acceptors (Lipinski definition) is 5. The van der Waals surface area contributed by atoms with Crippen LogP contribution >= 0.6 is 0 Å². The van der Waals surface area contributed by atoms with Gasteiger partial charge < -0.3 is 25.0 Å². The van der Waals surface area contributed by atoms with E-state index in [1.807, 2.05) is 12.1 Å². The molecule has 0 aliphatic carbocycles. The first kappa shape index (κ1) is 32.8. The lowest BCUT2D eigenvalue weighted by molar-refractivity contribution is 0.401. The first-order valence-corrected chi connectivity index (χ1v) is 15.6. The molecule has 0 aliphatic rings. The van der Waals surface area contributed by atoms with Crippen LogP contribution in [-0.2, 0) is 0 Å². The van der Waals surface area contributed by atoms with Crippen molar-refractivity contribution in [2.75, 3.05) is 56.7 Å². The minimum atomic E-state index is 0.710. The topological polar surface area (TPSA) is 51.0 Å². The maximum atomic E-state index is 5.78. The highest BCUT2D eigenvalue weighted by Gasteiger charge is 2.09. The number of ether oxygens (including phenoxy) is 2. The Bertz CT molecular complexity index is 1240. The molecule has 226 valence electrons. The van der Waals surface area contributed by atoms with Crippen LogP contribution < -0.4 is 25.0 Å². The van der Waals surface area contributed by atoms with Gasteiger partial charge >= 0.3 is 0 Å². The monoisotopic (exact) mass is 569 g/mol. The van der Waals surface area contributed by atoms with E-state index in [9.17, 15) is 0 Å². The summed E-state index contributed by atoms with van der Waals surface area (Å²) in [4.78, 5) is 4.86. The number of benzene rings is 3. The molecule has 0 unspecified atom stereocenters. The van der Waals surface area contributed by atoms with Gasteiger partial charge in [-0.2, -0.15) is 0 Å². The first-order valence-electron chi connectivity index (χ1n) is 15.6. The average molecular weight is 570 g/mol. The Morgan fingerprint density at radius 2 is 1.02 bits per heavy atom. The van der Waals surface area contributed by atoms with Gasteiger partial charge in [-0.25, -0.2) is 0 Å². The maximum absolute atomic E-state index is 5.78. The van der Waals surface area contributed by atoms with Gasteiger partial charge in [0.15, 0.2) is 0 Å². The van der Waals surface area contributed by atoms with Crippen molar-refractivity contribution >= 4 is 35.7 Å². The molecule has 0 fully saturated rings. The zero-order chi connectivity index (χ0) is 30.2. The Morgan fingerprint density at radius 1 is 0.595 bits per heavy atom. The minimum Gasteiger partial charge on any atom is -0.496 e. The number of rotatable bonds is 18. The molecule has 0 saturated heterocycles. The van der Waals surface area contributed by atoms with Crippen molar-refractivity contribution in [2.45, 2.75) is 52.9 Å². The molecule has 3 aromatic rings. The summed E-state index contributed by atoms with van der Waals surface area (Å²) in [5, 5.41) is 0. The van der Waals surface area contributed by atoms with E-state index in [4.69, 9.17) is 15.2 Å². The summed E-state index contributed by atoms with van der Waals surface area (Å²) in [6.07, 6.45) is 14.3. The quantitative estimate of drug-likeness (QED) is 0.155. The van der Waals surface area contributed by atoms with Gasteiger partial charge in [0.2, 0.25) is 0 Å². The molecule has 0 amide bonds. The SMILES string of the molecule is CCCCN(CCCC)c1ccc(/C=C/c2cc(OC)c(/C=C/c3ccc(N(CC)CCCN)cc3)cc2OC)cc1. The maximum Gasteiger partial charge on any atom is 0.126 e. The summed E-state index contributed by atoms with van der Waals surface area (Å²) in [6, 6.07) is 21.6. The van der Waals surface area contributed by atoms with Gasteiger partial charge in [0, 0.05) is 48.7 Å².